The highest BCUT2D eigenvalue weighted by Gasteiger charge is 2.40. The molecular weight excluding hydrogens is 492 g/mol. The highest BCUT2D eigenvalue weighted by Crippen LogP contribution is 2.38. The highest BCUT2D eigenvalue weighted by atomic mass is 79.9. The van der Waals surface area contributed by atoms with E-state index in [2.05, 4.69) is 41.5 Å². The largest absolute Gasteiger partial charge is 0.369 e. The van der Waals surface area contributed by atoms with Crippen molar-refractivity contribution in [2.45, 2.75) is 39.2 Å². The van der Waals surface area contributed by atoms with E-state index in [1.807, 2.05) is 38.1 Å². The van der Waals surface area contributed by atoms with E-state index in [1.165, 1.54) is 0 Å². The van der Waals surface area contributed by atoms with Crippen molar-refractivity contribution in [2.75, 3.05) is 5.32 Å². The molecular formula is C21H21BrN8OS. The summed E-state index contributed by atoms with van der Waals surface area (Å²) < 4.78 is 2.45. The van der Waals surface area contributed by atoms with Crippen LogP contribution in [0.15, 0.2) is 35.1 Å². The van der Waals surface area contributed by atoms with Crippen molar-refractivity contribution in [2.24, 2.45) is 11.1 Å². The Morgan fingerprint density at radius 1 is 1.31 bits per heavy atom. The molecule has 32 heavy (non-hydrogen) atoms. The quantitative estimate of drug-likeness (QED) is 0.415. The van der Waals surface area contributed by atoms with Gasteiger partial charge in [-0.15, -0.1) is 10.2 Å². The number of carbonyl (C=O) groups excluding carboxylic acids is 1. The minimum Gasteiger partial charge on any atom is -0.369 e. The lowest BCUT2D eigenvalue weighted by molar-refractivity contribution is -0.126. The first-order valence-corrected chi connectivity index (χ1v) is 11.8. The average Bonchev–Trinajstić information content (AvgIpc) is 3.46. The van der Waals surface area contributed by atoms with Crippen LogP contribution in [-0.2, 0) is 4.79 Å². The van der Waals surface area contributed by atoms with Crippen molar-refractivity contribution in [3.8, 4) is 16.3 Å². The number of benzene rings is 1. The smallest absolute Gasteiger partial charge is 0.224 e. The number of hydrogen-bond donors (Lipinski definition) is 2. The number of aryl methyl sites for hydroxylation is 1. The summed E-state index contributed by atoms with van der Waals surface area (Å²) in [5.74, 6) is 0.248. The molecule has 1 fully saturated rings. The Morgan fingerprint density at radius 3 is 2.75 bits per heavy atom. The van der Waals surface area contributed by atoms with Crippen LogP contribution in [0.3, 0.4) is 0 Å². The molecule has 0 saturated heterocycles. The molecule has 0 radical (unpaired) electrons. The average molecular weight is 513 g/mol. The predicted molar refractivity (Wildman–Crippen MR) is 127 cm³/mol. The minimum absolute atomic E-state index is 0.0967. The number of rotatable bonds is 5. The van der Waals surface area contributed by atoms with Gasteiger partial charge in [-0.2, -0.15) is 10.1 Å². The summed E-state index contributed by atoms with van der Waals surface area (Å²) in [6.45, 7) is 3.86. The molecule has 1 aliphatic rings. The number of primary amides is 1. The number of aromatic nitrogens is 6. The topological polar surface area (TPSA) is 124 Å². The van der Waals surface area contributed by atoms with Gasteiger partial charge in [0.1, 0.15) is 14.6 Å². The second kappa shape index (κ2) is 7.89. The lowest BCUT2D eigenvalue weighted by atomic mass is 9.88. The second-order valence-electron chi connectivity index (χ2n) is 8.32. The molecule has 0 unspecified atom stereocenters. The lowest BCUT2D eigenvalue weighted by Gasteiger charge is -2.19. The van der Waals surface area contributed by atoms with Gasteiger partial charge in [0.2, 0.25) is 11.9 Å². The molecule has 3 N–H and O–H groups in total. The second-order valence-corrected chi connectivity index (χ2v) is 10.2. The van der Waals surface area contributed by atoms with Gasteiger partial charge in [0, 0.05) is 23.2 Å². The molecule has 1 aliphatic carbocycles. The van der Waals surface area contributed by atoms with Gasteiger partial charge in [0.05, 0.1) is 11.1 Å². The summed E-state index contributed by atoms with van der Waals surface area (Å²) in [6.07, 6.45) is 4.01. The molecule has 11 heteroatoms. The van der Waals surface area contributed by atoms with Crippen LogP contribution in [0.2, 0.25) is 0 Å². The normalized spacial score (nSPS) is 20.7. The van der Waals surface area contributed by atoms with Crippen LogP contribution in [0.4, 0.5) is 5.95 Å². The molecule has 0 spiro atoms. The summed E-state index contributed by atoms with van der Waals surface area (Å²) in [6, 6.07) is 8.06. The molecule has 164 valence electrons. The molecule has 5 rings (SSSR count). The van der Waals surface area contributed by atoms with Crippen molar-refractivity contribution in [3.63, 3.8) is 0 Å². The molecule has 1 saturated carbocycles. The van der Waals surface area contributed by atoms with Crippen molar-refractivity contribution in [3.05, 3.63) is 40.1 Å². The van der Waals surface area contributed by atoms with Crippen LogP contribution in [0, 0.1) is 12.3 Å². The van der Waals surface area contributed by atoms with Crippen molar-refractivity contribution >= 4 is 50.2 Å². The highest BCUT2D eigenvalue weighted by molar-refractivity contribution is 9.10. The van der Waals surface area contributed by atoms with Gasteiger partial charge in [-0.05, 0) is 66.4 Å². The number of nitrogens with zero attached hydrogens (tertiary/aromatic N) is 6. The standard InChI is InChI=1S/C21H21BrN8OS/c1-11-27-28-18(32-11)12-3-5-14(6-4-12)30-17-15(16(22)29-30)10-24-20(26-17)25-13-7-8-21(2,9-13)19(23)31/h3-6,10,13H,7-9H2,1-2H3,(H2,23,31)(H,24,25,26)/t13-,21-/m1/s1. The molecule has 0 bridgehead atoms. The summed E-state index contributed by atoms with van der Waals surface area (Å²) in [7, 11) is 0. The number of amides is 1. The Morgan fingerprint density at radius 2 is 2.09 bits per heavy atom. The van der Waals surface area contributed by atoms with E-state index in [4.69, 9.17) is 10.7 Å². The molecule has 4 aromatic rings. The van der Waals surface area contributed by atoms with Gasteiger partial charge in [0.25, 0.3) is 0 Å². The van der Waals surface area contributed by atoms with E-state index in [0.29, 0.717) is 22.6 Å². The van der Waals surface area contributed by atoms with Gasteiger partial charge in [-0.25, -0.2) is 9.67 Å². The third kappa shape index (κ3) is 3.75. The molecule has 1 amide bonds. The van der Waals surface area contributed by atoms with E-state index >= 15 is 0 Å². The van der Waals surface area contributed by atoms with Crippen molar-refractivity contribution in [1.29, 1.82) is 0 Å². The van der Waals surface area contributed by atoms with E-state index in [1.54, 1.807) is 22.2 Å². The van der Waals surface area contributed by atoms with Gasteiger partial charge in [-0.3, -0.25) is 4.79 Å². The zero-order valence-electron chi connectivity index (χ0n) is 17.5. The summed E-state index contributed by atoms with van der Waals surface area (Å²) in [5.41, 5.74) is 7.65. The maximum absolute atomic E-state index is 11.8. The Hall–Kier alpha value is -2.92. The number of carbonyl (C=O) groups is 1. The lowest BCUT2D eigenvalue weighted by Crippen LogP contribution is -2.33. The molecule has 1 aromatic carbocycles. The number of anilines is 1. The van der Waals surface area contributed by atoms with Crippen LogP contribution in [0.1, 0.15) is 31.2 Å². The van der Waals surface area contributed by atoms with Crippen molar-refractivity contribution in [1.82, 2.24) is 29.9 Å². The van der Waals surface area contributed by atoms with Crippen LogP contribution < -0.4 is 11.1 Å². The van der Waals surface area contributed by atoms with E-state index in [0.717, 1.165) is 39.5 Å². The van der Waals surface area contributed by atoms with E-state index in [9.17, 15) is 4.79 Å². The minimum atomic E-state index is -0.486. The fourth-order valence-electron chi connectivity index (χ4n) is 4.05. The van der Waals surface area contributed by atoms with Crippen LogP contribution in [0.5, 0.6) is 0 Å². The molecule has 2 atom stereocenters. The molecule has 3 aromatic heterocycles. The third-order valence-electron chi connectivity index (χ3n) is 5.93. The summed E-state index contributed by atoms with van der Waals surface area (Å²) >= 11 is 5.07. The zero-order valence-corrected chi connectivity index (χ0v) is 19.9. The fraction of sp³-hybridized carbons (Fsp3) is 0.333. The van der Waals surface area contributed by atoms with Gasteiger partial charge in [0.15, 0.2) is 5.65 Å². The SMILES string of the molecule is Cc1nnc(-c2ccc(-n3nc(Br)c4cnc(N[C@@H]5CC[C@@](C)(C(N)=O)C5)nc43)cc2)s1. The number of fused-ring (bicyclic) bond motifs is 1. The van der Waals surface area contributed by atoms with E-state index in [-0.39, 0.29) is 11.9 Å². The predicted octanol–water partition coefficient (Wildman–Crippen LogP) is 3.86. The fourth-order valence-corrected chi connectivity index (χ4v) is 5.18. The molecule has 9 nitrogen and oxygen atoms in total. The van der Waals surface area contributed by atoms with Gasteiger partial charge < -0.3 is 11.1 Å². The van der Waals surface area contributed by atoms with E-state index < -0.39 is 5.41 Å². The van der Waals surface area contributed by atoms with Crippen molar-refractivity contribution < 1.29 is 4.79 Å². The number of nitrogens with two attached hydrogens (primary N) is 1. The Bertz CT molecular complexity index is 1320. The Labute approximate surface area is 196 Å². The number of nitrogens with one attached hydrogen (secondary N) is 1. The molecule has 0 aliphatic heterocycles. The first-order valence-electron chi connectivity index (χ1n) is 10.2. The Kier molecular flexibility index (Phi) is 5.17. The third-order valence-corrected chi connectivity index (χ3v) is 7.41. The van der Waals surface area contributed by atoms with Gasteiger partial charge >= 0.3 is 0 Å². The molecule has 3 heterocycles. The van der Waals surface area contributed by atoms with Crippen LogP contribution in [0.25, 0.3) is 27.3 Å². The van der Waals surface area contributed by atoms with Gasteiger partial charge in [-0.1, -0.05) is 18.3 Å². The maximum Gasteiger partial charge on any atom is 0.224 e. The number of hydrogen-bond acceptors (Lipinski definition) is 8. The van der Waals surface area contributed by atoms with Crippen LogP contribution in [-0.4, -0.2) is 41.9 Å². The maximum atomic E-state index is 11.8. The zero-order chi connectivity index (χ0) is 22.5. The number of halogens is 1. The summed E-state index contributed by atoms with van der Waals surface area (Å²) in [4.78, 5) is 20.9. The first kappa shape index (κ1) is 21.0. The van der Waals surface area contributed by atoms with Crippen LogP contribution >= 0.6 is 27.3 Å². The first-order chi connectivity index (χ1) is 15.3. The summed E-state index contributed by atoms with van der Waals surface area (Å²) in [5, 5.41) is 18.9. The monoisotopic (exact) mass is 512 g/mol. The Balaban J connectivity index is 1.44.